The molecule has 0 fully saturated rings. The topological polar surface area (TPSA) is 70.3 Å². The van der Waals surface area contributed by atoms with Crippen molar-refractivity contribution in [3.63, 3.8) is 0 Å². The minimum Gasteiger partial charge on any atom is -0.487 e. The van der Waals surface area contributed by atoms with Crippen LogP contribution in [-0.4, -0.2) is 11.1 Å². The van der Waals surface area contributed by atoms with Crippen molar-refractivity contribution in [2.45, 2.75) is 12.8 Å². The number of carboxylic acid groups (broad SMARTS) is 1. The quantitative estimate of drug-likeness (QED) is 0.855. The molecule has 0 aliphatic rings. The van der Waals surface area contributed by atoms with E-state index < -0.39 is 35.7 Å². The number of carbonyl (C=O) groups is 1. The lowest BCUT2D eigenvalue weighted by Crippen LogP contribution is -2.11. The number of aromatic carboxylic acids is 1. The average Bonchev–Trinajstić information content (AvgIpc) is 2.51. The van der Waals surface area contributed by atoms with E-state index in [0.717, 1.165) is 12.1 Å². The molecule has 0 heterocycles. The average molecular weight is 339 g/mol. The Labute approximate surface area is 133 Å². The van der Waals surface area contributed by atoms with Gasteiger partial charge in [-0.15, -0.1) is 0 Å². The van der Waals surface area contributed by atoms with Gasteiger partial charge in [0, 0.05) is 5.56 Å². The van der Waals surface area contributed by atoms with Gasteiger partial charge < -0.3 is 9.84 Å². The van der Waals surface area contributed by atoms with E-state index >= 15 is 0 Å². The fourth-order valence-electron chi connectivity index (χ4n) is 1.98. The molecule has 0 atom stereocenters. The summed E-state index contributed by atoms with van der Waals surface area (Å²) in [5.74, 6) is -2.36. The second-order valence-corrected chi connectivity index (χ2v) is 4.72. The first-order valence-electron chi connectivity index (χ1n) is 6.48. The molecule has 0 aliphatic carbocycles. The Balaban J connectivity index is 2.35. The highest BCUT2D eigenvalue weighted by molar-refractivity contribution is 5.88. The molecule has 2 aromatic carbocycles. The fourth-order valence-corrected chi connectivity index (χ4v) is 1.98. The summed E-state index contributed by atoms with van der Waals surface area (Å²) in [7, 11) is 0. The number of nitrogens with zero attached hydrogens (tertiary/aromatic N) is 1. The first-order chi connectivity index (χ1) is 11.2. The van der Waals surface area contributed by atoms with Crippen LogP contribution in [0, 0.1) is 17.1 Å². The van der Waals surface area contributed by atoms with Crippen molar-refractivity contribution in [3.8, 4) is 11.8 Å². The summed E-state index contributed by atoms with van der Waals surface area (Å²) < 4.78 is 57.1. The highest BCUT2D eigenvalue weighted by Gasteiger charge is 2.33. The number of nitriles is 1. The number of benzene rings is 2. The van der Waals surface area contributed by atoms with Crippen LogP contribution in [0.3, 0.4) is 0 Å². The zero-order valence-electron chi connectivity index (χ0n) is 11.9. The van der Waals surface area contributed by atoms with Crippen LogP contribution in [0.4, 0.5) is 17.6 Å². The van der Waals surface area contributed by atoms with E-state index in [-0.39, 0.29) is 16.9 Å². The van der Waals surface area contributed by atoms with Crippen molar-refractivity contribution in [3.05, 3.63) is 64.5 Å². The van der Waals surface area contributed by atoms with E-state index in [2.05, 4.69) is 0 Å². The molecular weight excluding hydrogens is 330 g/mol. The third-order valence-electron chi connectivity index (χ3n) is 3.10. The Morgan fingerprint density at radius 3 is 2.50 bits per heavy atom. The second kappa shape index (κ2) is 6.58. The lowest BCUT2D eigenvalue weighted by Gasteiger charge is -2.14. The standard InChI is InChI=1S/C16H9F4NO3/c17-12-3-4-13(16(18,19)20)11(5-12)8-24-14-6-9(15(22)23)1-2-10(14)7-21/h1-6H,8H2,(H,22,23). The van der Waals surface area contributed by atoms with Crippen LogP contribution in [0.25, 0.3) is 0 Å². The minimum absolute atomic E-state index is 0.0510. The SMILES string of the molecule is N#Cc1ccc(C(=O)O)cc1OCc1cc(F)ccc1C(F)(F)F. The van der Waals surface area contributed by atoms with Gasteiger partial charge in [-0.2, -0.15) is 18.4 Å². The summed E-state index contributed by atoms with van der Waals surface area (Å²) in [5, 5.41) is 17.9. The van der Waals surface area contributed by atoms with Crippen LogP contribution in [0.5, 0.6) is 5.75 Å². The van der Waals surface area contributed by atoms with Gasteiger partial charge in [0.05, 0.1) is 16.7 Å². The molecule has 1 N–H and O–H groups in total. The van der Waals surface area contributed by atoms with Crippen molar-refractivity contribution in [2.24, 2.45) is 0 Å². The number of halogens is 4. The van der Waals surface area contributed by atoms with Crippen LogP contribution in [-0.2, 0) is 12.8 Å². The molecule has 0 aliphatic heterocycles. The molecule has 0 radical (unpaired) electrons. The zero-order valence-corrected chi connectivity index (χ0v) is 11.9. The summed E-state index contributed by atoms with van der Waals surface area (Å²) in [6, 6.07) is 7.05. The predicted octanol–water partition coefficient (Wildman–Crippen LogP) is 3.99. The molecule has 0 saturated heterocycles. The van der Waals surface area contributed by atoms with Gasteiger partial charge in [-0.05, 0) is 36.4 Å². The Kier molecular flexibility index (Phi) is 4.74. The maximum atomic E-state index is 13.2. The van der Waals surface area contributed by atoms with Crippen molar-refractivity contribution < 1.29 is 32.2 Å². The minimum atomic E-state index is -4.70. The van der Waals surface area contributed by atoms with E-state index in [1.807, 2.05) is 0 Å². The molecule has 0 bridgehead atoms. The summed E-state index contributed by atoms with van der Waals surface area (Å²) in [5.41, 5.74) is -1.78. The van der Waals surface area contributed by atoms with E-state index in [4.69, 9.17) is 15.1 Å². The molecule has 124 valence electrons. The van der Waals surface area contributed by atoms with Gasteiger partial charge in [-0.1, -0.05) is 0 Å². The molecule has 24 heavy (non-hydrogen) atoms. The van der Waals surface area contributed by atoms with Crippen molar-refractivity contribution >= 4 is 5.97 Å². The third-order valence-corrected chi connectivity index (χ3v) is 3.10. The van der Waals surface area contributed by atoms with Crippen LogP contribution < -0.4 is 4.74 Å². The van der Waals surface area contributed by atoms with Crippen LogP contribution in [0.1, 0.15) is 27.0 Å². The fraction of sp³-hybridized carbons (Fsp3) is 0.125. The van der Waals surface area contributed by atoms with Gasteiger partial charge in [0.25, 0.3) is 0 Å². The number of hydrogen-bond acceptors (Lipinski definition) is 3. The third kappa shape index (κ3) is 3.81. The van der Waals surface area contributed by atoms with Gasteiger partial charge in [0.15, 0.2) is 0 Å². The van der Waals surface area contributed by atoms with E-state index in [9.17, 15) is 22.4 Å². The van der Waals surface area contributed by atoms with E-state index in [1.54, 1.807) is 6.07 Å². The molecule has 2 aromatic rings. The Morgan fingerprint density at radius 2 is 1.92 bits per heavy atom. The van der Waals surface area contributed by atoms with Crippen molar-refractivity contribution in [1.29, 1.82) is 5.26 Å². The van der Waals surface area contributed by atoms with Crippen molar-refractivity contribution in [2.75, 3.05) is 0 Å². The summed E-state index contributed by atoms with van der Waals surface area (Å²) in [6.07, 6.45) is -4.70. The number of hydrogen-bond donors (Lipinski definition) is 1. The zero-order chi connectivity index (χ0) is 17.9. The molecule has 0 aromatic heterocycles. The number of carboxylic acids is 1. The summed E-state index contributed by atoms with van der Waals surface area (Å²) in [4.78, 5) is 10.9. The lowest BCUT2D eigenvalue weighted by molar-refractivity contribution is -0.138. The summed E-state index contributed by atoms with van der Waals surface area (Å²) in [6.45, 7) is -0.676. The molecule has 0 spiro atoms. The Morgan fingerprint density at radius 1 is 1.21 bits per heavy atom. The first kappa shape index (κ1) is 17.3. The molecule has 2 rings (SSSR count). The van der Waals surface area contributed by atoms with E-state index in [1.165, 1.54) is 6.07 Å². The predicted molar refractivity (Wildman–Crippen MR) is 73.9 cm³/mol. The molecule has 4 nitrogen and oxygen atoms in total. The molecule has 0 saturated carbocycles. The Hall–Kier alpha value is -3.08. The highest BCUT2D eigenvalue weighted by Crippen LogP contribution is 2.33. The van der Waals surface area contributed by atoms with Gasteiger partial charge in [-0.25, -0.2) is 9.18 Å². The molecule has 0 amide bonds. The first-order valence-corrected chi connectivity index (χ1v) is 6.48. The Bertz CT molecular complexity index is 825. The van der Waals surface area contributed by atoms with Crippen molar-refractivity contribution in [1.82, 2.24) is 0 Å². The van der Waals surface area contributed by atoms with Crippen LogP contribution >= 0.6 is 0 Å². The van der Waals surface area contributed by atoms with Crippen LogP contribution in [0.2, 0.25) is 0 Å². The van der Waals surface area contributed by atoms with Gasteiger partial charge in [0.1, 0.15) is 24.2 Å². The molecular formula is C16H9F4NO3. The smallest absolute Gasteiger partial charge is 0.416 e. The summed E-state index contributed by atoms with van der Waals surface area (Å²) >= 11 is 0. The number of alkyl halides is 3. The van der Waals surface area contributed by atoms with Gasteiger partial charge in [0.2, 0.25) is 0 Å². The van der Waals surface area contributed by atoms with E-state index in [0.29, 0.717) is 18.2 Å². The normalized spacial score (nSPS) is 11.0. The molecule has 8 heteroatoms. The lowest BCUT2D eigenvalue weighted by atomic mass is 10.1. The molecule has 0 unspecified atom stereocenters. The van der Waals surface area contributed by atoms with Gasteiger partial charge >= 0.3 is 12.1 Å². The monoisotopic (exact) mass is 339 g/mol. The van der Waals surface area contributed by atoms with Crippen LogP contribution in [0.15, 0.2) is 36.4 Å². The highest BCUT2D eigenvalue weighted by atomic mass is 19.4. The maximum Gasteiger partial charge on any atom is 0.416 e. The second-order valence-electron chi connectivity index (χ2n) is 4.72. The van der Waals surface area contributed by atoms with Gasteiger partial charge in [-0.3, -0.25) is 0 Å². The number of ether oxygens (including phenoxy) is 1. The largest absolute Gasteiger partial charge is 0.487 e. The number of rotatable bonds is 4. The maximum absolute atomic E-state index is 13.2.